The van der Waals surface area contributed by atoms with Crippen molar-refractivity contribution in [2.75, 3.05) is 11.9 Å². The normalized spacial score (nSPS) is 12.3. The molecule has 2 heterocycles. The molecule has 1 amide bonds. The maximum atomic E-state index is 11.0. The van der Waals surface area contributed by atoms with Gasteiger partial charge in [0, 0.05) is 11.9 Å². The summed E-state index contributed by atoms with van der Waals surface area (Å²) < 4.78 is 5.18. The van der Waals surface area contributed by atoms with Gasteiger partial charge in [0.15, 0.2) is 6.61 Å². The number of carboxylic acids is 1. The number of aromatic carboxylic acids is 1. The predicted octanol–water partition coefficient (Wildman–Crippen LogP) is 1.80. The van der Waals surface area contributed by atoms with Gasteiger partial charge in [-0.2, -0.15) is 10.2 Å². The highest BCUT2D eigenvalue weighted by molar-refractivity contribution is 6.01. The smallest absolute Gasteiger partial charge is 0.338 e. The molecule has 3 aromatic rings. The van der Waals surface area contributed by atoms with Crippen LogP contribution >= 0.6 is 0 Å². The van der Waals surface area contributed by atoms with Crippen LogP contribution in [0.2, 0.25) is 0 Å². The number of ether oxygens (including phenoxy) is 1. The molecule has 2 aromatic carbocycles. The first-order valence-corrected chi connectivity index (χ1v) is 7.78. The highest BCUT2D eigenvalue weighted by Crippen LogP contribution is 2.28. The first-order chi connectivity index (χ1) is 12.6. The van der Waals surface area contributed by atoms with E-state index in [0.717, 1.165) is 5.56 Å². The number of carboxylic acid groups (broad SMARTS) is 1. The van der Waals surface area contributed by atoms with E-state index in [2.05, 4.69) is 15.5 Å². The lowest BCUT2D eigenvalue weighted by molar-refractivity contribution is -0.118. The summed E-state index contributed by atoms with van der Waals surface area (Å²) in [5.41, 5.74) is 7.93. The van der Waals surface area contributed by atoms with E-state index in [1.807, 2.05) is 18.2 Å². The van der Waals surface area contributed by atoms with Gasteiger partial charge in [-0.1, -0.05) is 24.3 Å². The third-order valence-electron chi connectivity index (χ3n) is 3.69. The predicted molar refractivity (Wildman–Crippen MR) is 95.0 cm³/mol. The molecule has 0 atom stereocenters. The zero-order chi connectivity index (χ0) is 18.5. The molecule has 0 saturated heterocycles. The number of carbonyl (C=O) groups is 2. The van der Waals surface area contributed by atoms with Crippen LogP contribution in [0.5, 0.6) is 5.75 Å². The fourth-order valence-corrected chi connectivity index (χ4v) is 2.43. The van der Waals surface area contributed by atoms with Crippen LogP contribution in [0.25, 0.3) is 10.9 Å². The maximum Gasteiger partial charge on any atom is 0.338 e. The molecule has 1 aliphatic heterocycles. The van der Waals surface area contributed by atoms with E-state index >= 15 is 0 Å². The van der Waals surface area contributed by atoms with Gasteiger partial charge in [-0.3, -0.25) is 4.79 Å². The fraction of sp³-hybridized carbons (Fsp3) is 0.111. The van der Waals surface area contributed by atoms with Crippen molar-refractivity contribution >= 4 is 28.5 Å². The van der Waals surface area contributed by atoms with Crippen molar-refractivity contribution in [1.29, 1.82) is 0 Å². The number of carbonyl (C=O) groups excluding carboxylic acids is 1. The largest absolute Gasteiger partial charge is 0.482 e. The lowest BCUT2D eigenvalue weighted by atomic mass is 10.1. The summed E-state index contributed by atoms with van der Waals surface area (Å²) in [7, 11) is 0. The number of fused-ring (bicyclic) bond motifs is 2. The Hall–Kier alpha value is -3.52. The molecule has 0 fully saturated rings. The highest BCUT2D eigenvalue weighted by Gasteiger charge is 2.15. The summed E-state index contributed by atoms with van der Waals surface area (Å²) in [5, 5.41) is 19.6. The Kier molecular flexibility index (Phi) is 5.04. The van der Waals surface area contributed by atoms with Crippen LogP contribution in [-0.2, 0) is 11.3 Å². The van der Waals surface area contributed by atoms with Gasteiger partial charge in [0.1, 0.15) is 5.75 Å². The van der Waals surface area contributed by atoms with Crippen LogP contribution in [0.15, 0.2) is 48.7 Å². The molecule has 26 heavy (non-hydrogen) atoms. The van der Waals surface area contributed by atoms with Gasteiger partial charge in [-0.05, 0) is 23.8 Å². The SMILES string of the molecule is NCc1ccc2c(c1)NC(=O)CO2.O=C(O)c1cnnc2ccccc12. The number of hydrogen-bond donors (Lipinski definition) is 3. The molecule has 1 aromatic heterocycles. The van der Waals surface area contributed by atoms with Crippen molar-refractivity contribution < 1.29 is 19.4 Å². The van der Waals surface area contributed by atoms with E-state index in [0.29, 0.717) is 28.9 Å². The van der Waals surface area contributed by atoms with Gasteiger partial charge in [0.05, 0.1) is 23.0 Å². The summed E-state index contributed by atoms with van der Waals surface area (Å²) >= 11 is 0. The molecule has 0 saturated carbocycles. The second-order valence-corrected chi connectivity index (χ2v) is 5.45. The van der Waals surface area contributed by atoms with Crippen LogP contribution in [-0.4, -0.2) is 33.8 Å². The van der Waals surface area contributed by atoms with Gasteiger partial charge in [0.2, 0.25) is 0 Å². The molecule has 0 aliphatic carbocycles. The van der Waals surface area contributed by atoms with Gasteiger partial charge >= 0.3 is 5.97 Å². The fourth-order valence-electron chi connectivity index (χ4n) is 2.43. The molecule has 0 bridgehead atoms. The topological polar surface area (TPSA) is 127 Å². The molecular formula is C18H16N4O4. The van der Waals surface area contributed by atoms with Gasteiger partial charge in [-0.15, -0.1) is 0 Å². The number of anilines is 1. The average Bonchev–Trinajstić information content (AvgIpc) is 2.67. The van der Waals surface area contributed by atoms with E-state index in [1.54, 1.807) is 24.3 Å². The molecule has 0 unspecified atom stereocenters. The molecule has 8 nitrogen and oxygen atoms in total. The standard InChI is InChI=1S/C9H10N2O2.C9H6N2O2/c10-4-6-1-2-8-7(3-6)11-9(12)5-13-8;12-9(13)7-5-10-11-8-4-2-1-3-6(7)8/h1-3H,4-5,10H2,(H,11,12);1-5H,(H,12,13). The minimum Gasteiger partial charge on any atom is -0.482 e. The second-order valence-electron chi connectivity index (χ2n) is 5.45. The van der Waals surface area contributed by atoms with Crippen molar-refractivity contribution in [3.63, 3.8) is 0 Å². The number of nitrogens with one attached hydrogen (secondary N) is 1. The molecule has 4 N–H and O–H groups in total. The zero-order valence-corrected chi connectivity index (χ0v) is 13.7. The Morgan fingerprint density at radius 1 is 1.27 bits per heavy atom. The van der Waals surface area contributed by atoms with Crippen LogP contribution < -0.4 is 15.8 Å². The molecular weight excluding hydrogens is 336 g/mol. The Labute approximate surface area is 148 Å². The Morgan fingerprint density at radius 3 is 2.85 bits per heavy atom. The third-order valence-corrected chi connectivity index (χ3v) is 3.69. The number of aromatic nitrogens is 2. The summed E-state index contributed by atoms with van der Waals surface area (Å²) in [6, 6.07) is 12.5. The van der Waals surface area contributed by atoms with Crippen molar-refractivity contribution in [3.05, 3.63) is 59.8 Å². The second kappa shape index (κ2) is 7.58. The monoisotopic (exact) mass is 352 g/mol. The number of amides is 1. The first-order valence-electron chi connectivity index (χ1n) is 7.78. The van der Waals surface area contributed by atoms with Crippen LogP contribution in [0.3, 0.4) is 0 Å². The average molecular weight is 352 g/mol. The van der Waals surface area contributed by atoms with Crippen LogP contribution in [0.1, 0.15) is 15.9 Å². The minimum absolute atomic E-state index is 0.0922. The molecule has 4 rings (SSSR count). The molecule has 0 spiro atoms. The maximum absolute atomic E-state index is 11.0. The van der Waals surface area contributed by atoms with E-state index in [1.165, 1.54) is 6.20 Å². The Bertz CT molecular complexity index is 969. The first kappa shape index (κ1) is 17.3. The molecule has 0 radical (unpaired) electrons. The number of nitrogens with zero attached hydrogens (tertiary/aromatic N) is 2. The number of nitrogens with two attached hydrogens (primary N) is 1. The molecule has 1 aliphatic rings. The van der Waals surface area contributed by atoms with Crippen LogP contribution in [0, 0.1) is 0 Å². The number of hydrogen-bond acceptors (Lipinski definition) is 6. The minimum atomic E-state index is -0.980. The summed E-state index contributed by atoms with van der Waals surface area (Å²) in [6.45, 7) is 0.554. The summed E-state index contributed by atoms with van der Waals surface area (Å²) in [5.74, 6) is -0.399. The van der Waals surface area contributed by atoms with Crippen molar-refractivity contribution in [1.82, 2.24) is 10.2 Å². The molecule has 132 valence electrons. The van der Waals surface area contributed by atoms with E-state index in [4.69, 9.17) is 15.6 Å². The number of benzene rings is 2. The number of rotatable bonds is 2. The van der Waals surface area contributed by atoms with Gasteiger partial charge in [-0.25, -0.2) is 4.79 Å². The van der Waals surface area contributed by atoms with Crippen molar-refractivity contribution in [2.24, 2.45) is 5.73 Å². The Balaban J connectivity index is 0.000000151. The lowest BCUT2D eigenvalue weighted by Crippen LogP contribution is -2.25. The van der Waals surface area contributed by atoms with Gasteiger partial charge in [0.25, 0.3) is 5.91 Å². The summed E-state index contributed by atoms with van der Waals surface area (Å²) in [6.07, 6.45) is 1.25. The molecule has 8 heteroatoms. The van der Waals surface area contributed by atoms with E-state index < -0.39 is 5.97 Å². The highest BCUT2D eigenvalue weighted by atomic mass is 16.5. The van der Waals surface area contributed by atoms with E-state index in [9.17, 15) is 9.59 Å². The quantitative estimate of drug-likeness (QED) is 0.641. The lowest BCUT2D eigenvalue weighted by Gasteiger charge is -2.18. The third kappa shape index (κ3) is 3.76. The van der Waals surface area contributed by atoms with Crippen molar-refractivity contribution in [2.45, 2.75) is 6.54 Å². The van der Waals surface area contributed by atoms with Crippen LogP contribution in [0.4, 0.5) is 5.69 Å². The van der Waals surface area contributed by atoms with Gasteiger partial charge < -0.3 is 20.9 Å². The van der Waals surface area contributed by atoms with Crippen molar-refractivity contribution in [3.8, 4) is 5.75 Å². The zero-order valence-electron chi connectivity index (χ0n) is 13.7. The van der Waals surface area contributed by atoms with E-state index in [-0.39, 0.29) is 18.1 Å². The summed E-state index contributed by atoms with van der Waals surface area (Å²) in [4.78, 5) is 21.7. The Morgan fingerprint density at radius 2 is 2.08 bits per heavy atom.